The fourth-order valence-corrected chi connectivity index (χ4v) is 15.5. The third-order valence-electron chi connectivity index (χ3n) is 17.4. The molecule has 17 aromatic rings. The van der Waals surface area contributed by atoms with Crippen LogP contribution in [0.1, 0.15) is 0 Å². The molecule has 1 aliphatic rings. The molecule has 378 valence electrons. The smallest absolute Gasteiger partial charge is 0.270 e. The summed E-state index contributed by atoms with van der Waals surface area (Å²) in [5.41, 5.74) is 19.2. The van der Waals surface area contributed by atoms with Crippen LogP contribution < -0.4 is 5.56 Å². The number of nitrogens with zero attached hydrogens (tertiary/aromatic N) is 4. The standard InChI is InChI=1S/C73H42N4O3S/c78-73-59-18-7-8-19-62(59)74-63-36-29-50(40-60(63)57-34-35-58-61-39-49(43-12-3-1-4-13-43)28-37-64(61)76(73)70(58)69(57)74)48-17-11-16-47(38-48)45-22-24-46(25-23-45)52-27-31-54-56-33-32-55-53-30-26-51(44-14-5-2-6-15-44)41-66(53)75-65-20-9-10-21-68(65)81(79,80)77(67(54)42-52)72(56)71(55)75/h1-42H. The zero-order valence-electron chi connectivity index (χ0n) is 43.2. The molecule has 18 rings (SSSR count). The van der Waals surface area contributed by atoms with E-state index >= 15 is 8.42 Å². The molecule has 0 unspecified atom stereocenters. The van der Waals surface area contributed by atoms with Crippen molar-refractivity contribution in [3.8, 4) is 61.3 Å². The van der Waals surface area contributed by atoms with Crippen molar-refractivity contribution in [1.82, 2.24) is 17.3 Å². The van der Waals surface area contributed by atoms with Gasteiger partial charge in [-0.2, -0.15) is 0 Å². The number of rotatable bonds is 5. The number of hydrogen-bond donors (Lipinski definition) is 0. The van der Waals surface area contributed by atoms with E-state index in [4.69, 9.17) is 0 Å². The van der Waals surface area contributed by atoms with E-state index in [0.29, 0.717) is 22.1 Å². The lowest BCUT2D eigenvalue weighted by atomic mass is 9.96. The minimum atomic E-state index is -4.08. The van der Waals surface area contributed by atoms with Crippen LogP contribution in [0.2, 0.25) is 0 Å². The average Bonchev–Trinajstić information content (AvgIpc) is 2.83. The Morgan fingerprint density at radius 2 is 0.679 bits per heavy atom. The largest absolute Gasteiger partial charge is 0.306 e. The average molecular weight is 1060 g/mol. The molecule has 0 bridgehead atoms. The Hall–Kier alpha value is -10.5. The SMILES string of the molecule is O=c1c2ccccc2n2c3ccc(-c4cccc(-c5ccc(-c6ccc7c8ccc9c%10ccc(-c%11ccccc%11)cc%10n%10c9c8n(c7c6)S(=O)(=O)c6ccccc6-%10)cc5)c4)cc3c3ccc4c5cc(-c6ccccc6)ccc5n1c4c32. The third-order valence-corrected chi connectivity index (χ3v) is 19.2. The summed E-state index contributed by atoms with van der Waals surface area (Å²) in [5.74, 6) is 0. The van der Waals surface area contributed by atoms with Crippen molar-refractivity contribution >= 4 is 108 Å². The molecule has 0 fully saturated rings. The normalized spacial score (nSPS) is 13.2. The molecule has 0 aliphatic carbocycles. The monoisotopic (exact) mass is 1050 g/mol. The van der Waals surface area contributed by atoms with Crippen LogP contribution in [0.5, 0.6) is 0 Å². The summed E-state index contributed by atoms with van der Waals surface area (Å²) in [7, 11) is -4.08. The number of aromatic nitrogens is 4. The van der Waals surface area contributed by atoms with E-state index in [1.54, 1.807) is 10.0 Å². The van der Waals surface area contributed by atoms with Gasteiger partial charge in [-0.1, -0.05) is 188 Å². The lowest BCUT2D eigenvalue weighted by Gasteiger charge is -2.13. The van der Waals surface area contributed by atoms with Crippen molar-refractivity contribution in [1.29, 1.82) is 0 Å². The van der Waals surface area contributed by atoms with Crippen molar-refractivity contribution in [2.45, 2.75) is 4.90 Å². The highest BCUT2D eigenvalue weighted by atomic mass is 32.2. The van der Waals surface area contributed by atoms with Crippen molar-refractivity contribution in [2.75, 3.05) is 0 Å². The van der Waals surface area contributed by atoms with Gasteiger partial charge in [0.2, 0.25) is 0 Å². The molecular formula is C73H42N4O3S. The van der Waals surface area contributed by atoms with Crippen molar-refractivity contribution in [2.24, 2.45) is 0 Å². The summed E-state index contributed by atoms with van der Waals surface area (Å²) in [4.78, 5) is 15.1. The van der Waals surface area contributed by atoms with Gasteiger partial charge in [-0.15, -0.1) is 0 Å². The second kappa shape index (κ2) is 16.0. The fourth-order valence-electron chi connectivity index (χ4n) is 13.8. The topological polar surface area (TPSA) is 69.9 Å². The molecule has 0 spiro atoms. The first-order valence-corrected chi connectivity index (χ1v) is 28.7. The maximum Gasteiger partial charge on any atom is 0.270 e. The van der Waals surface area contributed by atoms with E-state index in [-0.39, 0.29) is 10.5 Å². The van der Waals surface area contributed by atoms with E-state index in [1.165, 1.54) is 0 Å². The number of benzene rings is 12. The molecule has 0 amide bonds. The second-order valence-electron chi connectivity index (χ2n) is 21.6. The molecule has 0 atom stereocenters. The fraction of sp³-hybridized carbons (Fsp3) is 0. The van der Waals surface area contributed by atoms with Crippen molar-refractivity contribution in [3.63, 3.8) is 0 Å². The van der Waals surface area contributed by atoms with Crippen LogP contribution in [-0.4, -0.2) is 25.8 Å². The molecule has 81 heavy (non-hydrogen) atoms. The maximum atomic E-state index is 15.3. The Balaban J connectivity index is 0.748. The van der Waals surface area contributed by atoms with Crippen LogP contribution in [-0.2, 0) is 10.0 Å². The molecule has 0 N–H and O–H groups in total. The van der Waals surface area contributed by atoms with E-state index in [0.717, 1.165) is 137 Å². The van der Waals surface area contributed by atoms with Gasteiger partial charge >= 0.3 is 0 Å². The summed E-state index contributed by atoms with van der Waals surface area (Å²) in [5, 5.41) is 8.81. The molecule has 1 aliphatic heterocycles. The zero-order valence-corrected chi connectivity index (χ0v) is 44.0. The predicted octanol–water partition coefficient (Wildman–Crippen LogP) is 17.7. The number of hydrogen-bond acceptors (Lipinski definition) is 3. The highest BCUT2D eigenvalue weighted by molar-refractivity contribution is 7.90. The lowest BCUT2D eigenvalue weighted by Crippen LogP contribution is -2.13. The summed E-state index contributed by atoms with van der Waals surface area (Å²) < 4.78 is 38.6. The zero-order chi connectivity index (χ0) is 53.4. The minimum Gasteiger partial charge on any atom is -0.306 e. The van der Waals surface area contributed by atoms with Gasteiger partial charge in [0.25, 0.3) is 15.6 Å². The second-order valence-corrected chi connectivity index (χ2v) is 23.4. The van der Waals surface area contributed by atoms with E-state index in [1.807, 2.05) is 71.1 Å². The van der Waals surface area contributed by atoms with Crippen LogP contribution >= 0.6 is 0 Å². The minimum absolute atomic E-state index is 0.0320. The van der Waals surface area contributed by atoms with E-state index in [9.17, 15) is 4.79 Å². The summed E-state index contributed by atoms with van der Waals surface area (Å²) in [6.45, 7) is 0. The third kappa shape index (κ3) is 6.00. The molecular weight excluding hydrogens is 1010 g/mol. The van der Waals surface area contributed by atoms with Gasteiger partial charge in [-0.25, -0.2) is 12.4 Å². The molecule has 6 heterocycles. The summed E-state index contributed by atoms with van der Waals surface area (Å²) in [6.07, 6.45) is 0. The van der Waals surface area contributed by atoms with Gasteiger partial charge in [-0.3, -0.25) is 9.20 Å². The van der Waals surface area contributed by atoms with Crippen LogP contribution in [0.15, 0.2) is 264 Å². The first-order chi connectivity index (χ1) is 39.9. The number of fused-ring (bicyclic) bond motifs is 16. The highest BCUT2D eigenvalue weighted by Gasteiger charge is 2.33. The Kier molecular flexibility index (Phi) is 8.80. The quantitative estimate of drug-likeness (QED) is 0.172. The first-order valence-electron chi connectivity index (χ1n) is 27.3. The van der Waals surface area contributed by atoms with Crippen molar-refractivity contribution in [3.05, 3.63) is 265 Å². The van der Waals surface area contributed by atoms with Gasteiger partial charge in [0.05, 0.1) is 60.7 Å². The molecule has 0 saturated carbocycles. The van der Waals surface area contributed by atoms with Crippen LogP contribution in [0.3, 0.4) is 0 Å². The van der Waals surface area contributed by atoms with Gasteiger partial charge in [-0.05, 0) is 122 Å². The molecule has 0 saturated heterocycles. The van der Waals surface area contributed by atoms with E-state index in [2.05, 4.69) is 191 Å². The molecule has 7 nitrogen and oxygen atoms in total. The predicted molar refractivity (Wildman–Crippen MR) is 333 cm³/mol. The maximum absolute atomic E-state index is 15.3. The van der Waals surface area contributed by atoms with Gasteiger partial charge in [0, 0.05) is 43.1 Å². The van der Waals surface area contributed by atoms with E-state index < -0.39 is 10.0 Å². The highest BCUT2D eigenvalue weighted by Crippen LogP contribution is 2.47. The molecule has 5 aromatic heterocycles. The number of para-hydroxylation sites is 2. The van der Waals surface area contributed by atoms with Gasteiger partial charge in [0.1, 0.15) is 4.90 Å². The molecule has 8 heteroatoms. The molecule has 12 aromatic carbocycles. The van der Waals surface area contributed by atoms with Crippen molar-refractivity contribution < 1.29 is 8.42 Å². The van der Waals surface area contributed by atoms with Gasteiger partial charge in [0.15, 0.2) is 0 Å². The summed E-state index contributed by atoms with van der Waals surface area (Å²) in [6, 6.07) is 88.0. The van der Waals surface area contributed by atoms with Crippen LogP contribution in [0.4, 0.5) is 0 Å². The summed E-state index contributed by atoms with van der Waals surface area (Å²) >= 11 is 0. The van der Waals surface area contributed by atoms with Gasteiger partial charge < -0.3 is 8.97 Å². The molecule has 0 radical (unpaired) electrons. The first kappa shape index (κ1) is 44.4. The van der Waals surface area contributed by atoms with Crippen LogP contribution in [0.25, 0.3) is 159 Å². The Morgan fingerprint density at radius 3 is 1.35 bits per heavy atom. The Morgan fingerprint density at radius 1 is 0.259 bits per heavy atom. The lowest BCUT2D eigenvalue weighted by molar-refractivity contribution is 0.590. The Bertz CT molecular complexity index is 5790. The Labute approximate surface area is 462 Å². The van der Waals surface area contributed by atoms with Crippen LogP contribution in [0, 0.1) is 0 Å².